The maximum atomic E-state index is 11.7. The molecular formula is C13H22N2O2. The predicted molar refractivity (Wildman–Crippen MR) is 65.4 cm³/mol. The SMILES string of the molecule is O=C(CN1CCCC1=O)NCC1CCCCC1. The summed E-state index contributed by atoms with van der Waals surface area (Å²) in [6, 6.07) is 0. The van der Waals surface area contributed by atoms with Crippen LogP contribution < -0.4 is 5.32 Å². The summed E-state index contributed by atoms with van der Waals surface area (Å²) in [6.45, 7) is 1.79. The van der Waals surface area contributed by atoms with Crippen LogP contribution in [0.25, 0.3) is 0 Å². The number of rotatable bonds is 4. The van der Waals surface area contributed by atoms with Crippen molar-refractivity contribution in [3.05, 3.63) is 0 Å². The summed E-state index contributed by atoms with van der Waals surface area (Å²) in [5.41, 5.74) is 0. The number of hydrogen-bond donors (Lipinski definition) is 1. The first kappa shape index (κ1) is 12.4. The van der Waals surface area contributed by atoms with Gasteiger partial charge < -0.3 is 10.2 Å². The van der Waals surface area contributed by atoms with Crippen molar-refractivity contribution in [2.75, 3.05) is 19.6 Å². The standard InChI is InChI=1S/C13H22N2O2/c16-12(10-15-8-4-7-13(15)17)14-9-11-5-2-1-3-6-11/h11H,1-10H2,(H,14,16). The molecule has 2 rings (SSSR count). The molecule has 4 heteroatoms. The van der Waals surface area contributed by atoms with Crippen molar-refractivity contribution in [1.82, 2.24) is 10.2 Å². The molecular weight excluding hydrogens is 216 g/mol. The molecule has 2 aliphatic rings. The van der Waals surface area contributed by atoms with Crippen molar-refractivity contribution < 1.29 is 9.59 Å². The average Bonchev–Trinajstić information content (AvgIpc) is 2.74. The highest BCUT2D eigenvalue weighted by Gasteiger charge is 2.22. The lowest BCUT2D eigenvalue weighted by molar-refractivity contribution is -0.133. The summed E-state index contributed by atoms with van der Waals surface area (Å²) in [5.74, 6) is 0.783. The minimum Gasteiger partial charge on any atom is -0.354 e. The van der Waals surface area contributed by atoms with Crippen molar-refractivity contribution in [3.63, 3.8) is 0 Å². The molecule has 0 radical (unpaired) electrons. The third-order valence-corrected chi connectivity index (χ3v) is 3.82. The van der Waals surface area contributed by atoms with Crippen LogP contribution in [0.3, 0.4) is 0 Å². The minimum absolute atomic E-state index is 0.00539. The van der Waals surface area contributed by atoms with E-state index < -0.39 is 0 Å². The molecule has 1 aliphatic carbocycles. The van der Waals surface area contributed by atoms with Crippen LogP contribution in [0.2, 0.25) is 0 Å². The van der Waals surface area contributed by atoms with E-state index in [4.69, 9.17) is 0 Å². The second kappa shape index (κ2) is 6.03. The second-order valence-corrected chi connectivity index (χ2v) is 5.23. The molecule has 1 N–H and O–H groups in total. The maximum Gasteiger partial charge on any atom is 0.239 e. The van der Waals surface area contributed by atoms with Crippen molar-refractivity contribution >= 4 is 11.8 Å². The van der Waals surface area contributed by atoms with E-state index in [9.17, 15) is 9.59 Å². The smallest absolute Gasteiger partial charge is 0.239 e. The van der Waals surface area contributed by atoms with Gasteiger partial charge in [0.05, 0.1) is 6.54 Å². The summed E-state index contributed by atoms with van der Waals surface area (Å²) in [7, 11) is 0. The van der Waals surface area contributed by atoms with Gasteiger partial charge in [-0.3, -0.25) is 9.59 Å². The topological polar surface area (TPSA) is 49.4 Å². The molecule has 2 amide bonds. The Labute approximate surface area is 103 Å². The van der Waals surface area contributed by atoms with Crippen molar-refractivity contribution in [1.29, 1.82) is 0 Å². The average molecular weight is 238 g/mol. The number of nitrogens with one attached hydrogen (secondary N) is 1. The molecule has 4 nitrogen and oxygen atoms in total. The van der Waals surface area contributed by atoms with Crippen LogP contribution in [0.15, 0.2) is 0 Å². The van der Waals surface area contributed by atoms with E-state index in [0.717, 1.165) is 19.5 Å². The van der Waals surface area contributed by atoms with Crippen LogP contribution >= 0.6 is 0 Å². The van der Waals surface area contributed by atoms with E-state index in [0.29, 0.717) is 12.3 Å². The molecule has 0 aromatic heterocycles. The van der Waals surface area contributed by atoms with Gasteiger partial charge in [-0.25, -0.2) is 0 Å². The highest BCUT2D eigenvalue weighted by molar-refractivity contribution is 5.85. The normalized spacial score (nSPS) is 21.9. The first-order chi connectivity index (χ1) is 8.25. The number of nitrogens with zero attached hydrogens (tertiary/aromatic N) is 1. The predicted octanol–water partition coefficient (Wildman–Crippen LogP) is 1.31. The highest BCUT2D eigenvalue weighted by atomic mass is 16.2. The van der Waals surface area contributed by atoms with Crippen LogP contribution in [0.4, 0.5) is 0 Å². The monoisotopic (exact) mass is 238 g/mol. The molecule has 0 unspecified atom stereocenters. The zero-order valence-electron chi connectivity index (χ0n) is 10.4. The Morgan fingerprint density at radius 2 is 2.00 bits per heavy atom. The second-order valence-electron chi connectivity index (χ2n) is 5.23. The molecule has 0 aromatic rings. The summed E-state index contributed by atoms with van der Waals surface area (Å²) >= 11 is 0. The molecule has 1 saturated carbocycles. The lowest BCUT2D eigenvalue weighted by Gasteiger charge is -2.22. The van der Waals surface area contributed by atoms with E-state index in [1.807, 2.05) is 0 Å². The Hall–Kier alpha value is -1.06. The van der Waals surface area contributed by atoms with Crippen molar-refractivity contribution in [3.8, 4) is 0 Å². The Morgan fingerprint density at radius 1 is 1.24 bits per heavy atom. The summed E-state index contributed by atoms with van der Waals surface area (Å²) in [4.78, 5) is 24.7. The van der Waals surface area contributed by atoms with Crippen molar-refractivity contribution in [2.24, 2.45) is 5.92 Å². The van der Waals surface area contributed by atoms with Crippen LogP contribution in [0.1, 0.15) is 44.9 Å². The Bertz CT molecular complexity index is 285. The van der Waals surface area contributed by atoms with Crippen molar-refractivity contribution in [2.45, 2.75) is 44.9 Å². The molecule has 1 heterocycles. The number of hydrogen-bond acceptors (Lipinski definition) is 2. The van der Waals surface area contributed by atoms with Gasteiger partial charge in [0.1, 0.15) is 0 Å². The fraction of sp³-hybridized carbons (Fsp3) is 0.846. The van der Waals surface area contributed by atoms with Crippen LogP contribution in [0.5, 0.6) is 0 Å². The zero-order chi connectivity index (χ0) is 12.1. The molecule has 1 aliphatic heterocycles. The molecule has 17 heavy (non-hydrogen) atoms. The number of likely N-dealkylation sites (tertiary alicyclic amines) is 1. The minimum atomic E-state index is 0.00539. The van der Waals surface area contributed by atoms with E-state index in [2.05, 4.69) is 5.32 Å². The fourth-order valence-electron chi connectivity index (χ4n) is 2.75. The molecule has 1 saturated heterocycles. The van der Waals surface area contributed by atoms with E-state index in [1.165, 1.54) is 32.1 Å². The van der Waals surface area contributed by atoms with Gasteiger partial charge in [0.25, 0.3) is 0 Å². The lowest BCUT2D eigenvalue weighted by Crippen LogP contribution is -2.39. The number of amides is 2. The van der Waals surface area contributed by atoms with Gasteiger partial charge in [0, 0.05) is 19.5 Å². The fourth-order valence-corrected chi connectivity index (χ4v) is 2.75. The molecule has 96 valence electrons. The summed E-state index contributed by atoms with van der Waals surface area (Å²) < 4.78 is 0. The Balaban J connectivity index is 1.64. The Morgan fingerprint density at radius 3 is 2.65 bits per heavy atom. The van der Waals surface area contributed by atoms with Gasteiger partial charge in [-0.15, -0.1) is 0 Å². The highest BCUT2D eigenvalue weighted by Crippen LogP contribution is 2.22. The first-order valence-electron chi connectivity index (χ1n) is 6.80. The molecule has 0 aromatic carbocycles. The molecule has 2 fully saturated rings. The van der Waals surface area contributed by atoms with E-state index in [1.54, 1.807) is 4.90 Å². The maximum absolute atomic E-state index is 11.7. The molecule has 0 bridgehead atoms. The van der Waals surface area contributed by atoms with Crippen LogP contribution in [-0.2, 0) is 9.59 Å². The largest absolute Gasteiger partial charge is 0.354 e. The van der Waals surface area contributed by atoms with Crippen LogP contribution in [0, 0.1) is 5.92 Å². The number of carbonyl (C=O) groups excluding carboxylic acids is 2. The summed E-state index contributed by atoms with van der Waals surface area (Å²) in [6.07, 6.45) is 7.92. The summed E-state index contributed by atoms with van der Waals surface area (Å²) in [5, 5.41) is 2.97. The molecule has 0 spiro atoms. The third-order valence-electron chi connectivity index (χ3n) is 3.82. The number of carbonyl (C=O) groups is 2. The van der Waals surface area contributed by atoms with E-state index >= 15 is 0 Å². The van der Waals surface area contributed by atoms with Gasteiger partial charge >= 0.3 is 0 Å². The van der Waals surface area contributed by atoms with Gasteiger partial charge in [0.2, 0.25) is 11.8 Å². The van der Waals surface area contributed by atoms with Gasteiger partial charge in [-0.2, -0.15) is 0 Å². The zero-order valence-corrected chi connectivity index (χ0v) is 10.4. The lowest BCUT2D eigenvalue weighted by atomic mass is 9.89. The molecule has 0 atom stereocenters. The van der Waals surface area contributed by atoms with E-state index in [-0.39, 0.29) is 18.4 Å². The van der Waals surface area contributed by atoms with Gasteiger partial charge in [0.15, 0.2) is 0 Å². The quantitative estimate of drug-likeness (QED) is 0.802. The first-order valence-corrected chi connectivity index (χ1v) is 6.80. The van der Waals surface area contributed by atoms with Gasteiger partial charge in [-0.1, -0.05) is 19.3 Å². The van der Waals surface area contributed by atoms with Gasteiger partial charge in [-0.05, 0) is 25.2 Å². The Kier molecular flexibility index (Phi) is 4.40. The third kappa shape index (κ3) is 3.72. The van der Waals surface area contributed by atoms with Crippen LogP contribution in [-0.4, -0.2) is 36.3 Å².